The lowest BCUT2D eigenvalue weighted by Crippen LogP contribution is -2.40. The van der Waals surface area contributed by atoms with Gasteiger partial charge in [0.1, 0.15) is 0 Å². The third-order valence-corrected chi connectivity index (χ3v) is 7.43. The predicted molar refractivity (Wildman–Crippen MR) is 131 cm³/mol. The zero-order valence-corrected chi connectivity index (χ0v) is 19.9. The van der Waals surface area contributed by atoms with Gasteiger partial charge in [0.05, 0.1) is 0 Å². The van der Waals surface area contributed by atoms with Crippen LogP contribution in [-0.4, -0.2) is 55.6 Å². The molecular weight excluding hydrogens is 438 g/mol. The number of benzene rings is 2. The van der Waals surface area contributed by atoms with Gasteiger partial charge >= 0.3 is 0 Å². The summed E-state index contributed by atoms with van der Waals surface area (Å²) in [4.78, 5) is 26.8. The zero-order chi connectivity index (χ0) is 23.8. The molecule has 0 atom stereocenters. The largest absolute Gasteiger partial charge is 0.339 e. The van der Waals surface area contributed by atoms with E-state index in [1.54, 1.807) is 35.2 Å². The molecule has 8 heteroatoms. The number of rotatable bonds is 8. The number of nitrogens with one attached hydrogen (secondary N) is 1. The number of piperidine rings is 1. The molecule has 2 amide bonds. The lowest BCUT2D eigenvalue weighted by atomic mass is 9.97. The molecule has 1 aliphatic heterocycles. The van der Waals surface area contributed by atoms with Crippen LogP contribution in [0, 0.1) is 5.92 Å². The minimum atomic E-state index is -3.53. The van der Waals surface area contributed by atoms with Crippen LogP contribution < -0.4 is 5.32 Å². The van der Waals surface area contributed by atoms with Crippen LogP contribution in [0.2, 0.25) is 0 Å². The second-order valence-corrected chi connectivity index (χ2v) is 9.79. The average Bonchev–Trinajstić information content (AvgIpc) is 2.84. The summed E-state index contributed by atoms with van der Waals surface area (Å²) >= 11 is 0. The second kappa shape index (κ2) is 11.2. The molecule has 176 valence electrons. The van der Waals surface area contributed by atoms with Crippen molar-refractivity contribution in [3.05, 3.63) is 71.1 Å². The third-order valence-electron chi connectivity index (χ3n) is 5.87. The van der Waals surface area contributed by atoms with Crippen molar-refractivity contribution in [2.75, 3.05) is 31.5 Å². The summed E-state index contributed by atoms with van der Waals surface area (Å²) in [5.41, 5.74) is 2.02. The minimum absolute atomic E-state index is 0.0345. The summed E-state index contributed by atoms with van der Waals surface area (Å²) in [5, 5.41) is 4.12. The first-order valence-corrected chi connectivity index (χ1v) is 12.8. The van der Waals surface area contributed by atoms with Gasteiger partial charge < -0.3 is 10.2 Å². The molecule has 1 fully saturated rings. The molecule has 33 heavy (non-hydrogen) atoms. The van der Waals surface area contributed by atoms with E-state index in [9.17, 15) is 18.0 Å². The molecule has 0 aromatic heterocycles. The SMILES string of the molecule is CCN(CC)C(=O)c1ccc(NC(=O)C2CCN(S(=O)(=O)/C=C/c3ccccc3)CC2)cc1. The van der Waals surface area contributed by atoms with Crippen LogP contribution in [0.1, 0.15) is 42.6 Å². The van der Waals surface area contributed by atoms with Crippen molar-refractivity contribution in [1.82, 2.24) is 9.21 Å². The standard InChI is InChI=1S/C25H31N3O4S/c1-3-27(4-2)25(30)22-10-12-23(13-11-22)26-24(29)21-14-17-28(18-15-21)33(31,32)19-16-20-8-6-5-7-9-20/h5-13,16,19,21H,3-4,14-15,17-18H2,1-2H3,(H,26,29)/b19-16+. The fourth-order valence-electron chi connectivity index (χ4n) is 3.82. The molecule has 0 saturated carbocycles. The van der Waals surface area contributed by atoms with E-state index in [4.69, 9.17) is 0 Å². The molecule has 1 N–H and O–H groups in total. The van der Waals surface area contributed by atoms with Gasteiger partial charge in [-0.05, 0) is 62.6 Å². The first kappa shape index (κ1) is 24.7. The Labute approximate surface area is 196 Å². The maximum Gasteiger partial charge on any atom is 0.253 e. The monoisotopic (exact) mass is 469 g/mol. The Bertz CT molecular complexity index is 1070. The molecule has 0 radical (unpaired) electrons. The summed E-state index contributed by atoms with van der Waals surface area (Å²) in [6, 6.07) is 16.1. The van der Waals surface area contributed by atoms with Crippen LogP contribution >= 0.6 is 0 Å². The van der Waals surface area contributed by atoms with Crippen molar-refractivity contribution in [2.24, 2.45) is 5.92 Å². The second-order valence-electron chi connectivity index (χ2n) is 7.98. The van der Waals surface area contributed by atoms with Gasteiger partial charge in [0.25, 0.3) is 5.91 Å². The maximum atomic E-state index is 12.7. The Morgan fingerprint density at radius 3 is 2.18 bits per heavy atom. The highest BCUT2D eigenvalue weighted by atomic mass is 32.2. The van der Waals surface area contributed by atoms with E-state index in [1.807, 2.05) is 44.2 Å². The Morgan fingerprint density at radius 2 is 1.61 bits per heavy atom. The Morgan fingerprint density at radius 1 is 1.00 bits per heavy atom. The molecule has 2 aromatic carbocycles. The lowest BCUT2D eigenvalue weighted by molar-refractivity contribution is -0.120. The van der Waals surface area contributed by atoms with Crippen molar-refractivity contribution >= 4 is 33.6 Å². The number of carbonyl (C=O) groups is 2. The van der Waals surface area contributed by atoms with Gasteiger partial charge in [-0.3, -0.25) is 9.59 Å². The van der Waals surface area contributed by atoms with Crippen LogP contribution in [0.4, 0.5) is 5.69 Å². The summed E-state index contributed by atoms with van der Waals surface area (Å²) in [6.07, 6.45) is 2.51. The number of sulfonamides is 1. The van der Waals surface area contributed by atoms with E-state index in [0.29, 0.717) is 50.3 Å². The first-order chi connectivity index (χ1) is 15.8. The van der Waals surface area contributed by atoms with Gasteiger partial charge in [-0.2, -0.15) is 4.31 Å². The van der Waals surface area contributed by atoms with Gasteiger partial charge in [0.2, 0.25) is 15.9 Å². The predicted octanol–water partition coefficient (Wildman–Crippen LogP) is 3.82. The molecule has 2 aromatic rings. The Kier molecular flexibility index (Phi) is 8.41. The summed E-state index contributed by atoms with van der Waals surface area (Å²) in [5.74, 6) is -0.422. The molecule has 1 heterocycles. The highest BCUT2D eigenvalue weighted by Gasteiger charge is 2.30. The van der Waals surface area contributed by atoms with Crippen molar-refractivity contribution in [3.8, 4) is 0 Å². The number of amides is 2. The van der Waals surface area contributed by atoms with Gasteiger partial charge in [0, 0.05) is 48.8 Å². The lowest BCUT2D eigenvalue weighted by Gasteiger charge is -2.29. The van der Waals surface area contributed by atoms with Gasteiger partial charge in [-0.25, -0.2) is 8.42 Å². The number of hydrogen-bond donors (Lipinski definition) is 1. The van der Waals surface area contributed by atoms with Gasteiger partial charge in [-0.1, -0.05) is 30.3 Å². The van der Waals surface area contributed by atoms with Crippen LogP contribution in [0.15, 0.2) is 60.0 Å². The van der Waals surface area contributed by atoms with Crippen LogP contribution in [-0.2, 0) is 14.8 Å². The van der Waals surface area contributed by atoms with Crippen molar-refractivity contribution in [3.63, 3.8) is 0 Å². The molecule has 7 nitrogen and oxygen atoms in total. The summed E-state index contributed by atoms with van der Waals surface area (Å²) in [6.45, 7) is 5.76. The summed E-state index contributed by atoms with van der Waals surface area (Å²) in [7, 11) is -3.53. The number of nitrogens with zero attached hydrogens (tertiary/aromatic N) is 2. The quantitative estimate of drug-likeness (QED) is 0.637. The summed E-state index contributed by atoms with van der Waals surface area (Å²) < 4.78 is 26.6. The molecule has 1 saturated heterocycles. The van der Waals surface area contributed by atoms with Crippen LogP contribution in [0.5, 0.6) is 0 Å². The number of anilines is 1. The number of hydrogen-bond acceptors (Lipinski definition) is 4. The smallest absolute Gasteiger partial charge is 0.253 e. The normalized spacial score (nSPS) is 15.5. The Hall–Kier alpha value is -2.97. The molecule has 1 aliphatic rings. The van der Waals surface area contributed by atoms with Crippen molar-refractivity contribution < 1.29 is 18.0 Å². The fraction of sp³-hybridized carbons (Fsp3) is 0.360. The molecule has 0 bridgehead atoms. The van der Waals surface area contributed by atoms with E-state index >= 15 is 0 Å². The molecule has 0 unspecified atom stereocenters. The zero-order valence-electron chi connectivity index (χ0n) is 19.1. The van der Waals surface area contributed by atoms with Gasteiger partial charge in [0.15, 0.2) is 0 Å². The minimum Gasteiger partial charge on any atom is -0.339 e. The fourth-order valence-corrected chi connectivity index (χ4v) is 5.04. The van der Waals surface area contributed by atoms with E-state index < -0.39 is 10.0 Å². The van der Waals surface area contributed by atoms with E-state index in [-0.39, 0.29) is 17.7 Å². The molecule has 0 spiro atoms. The Balaban J connectivity index is 1.53. The van der Waals surface area contributed by atoms with E-state index in [2.05, 4.69) is 5.32 Å². The average molecular weight is 470 g/mol. The maximum absolute atomic E-state index is 12.7. The molecular formula is C25H31N3O4S. The highest BCUT2D eigenvalue weighted by molar-refractivity contribution is 7.92. The van der Waals surface area contributed by atoms with E-state index in [0.717, 1.165) is 5.56 Å². The van der Waals surface area contributed by atoms with Crippen molar-refractivity contribution in [2.45, 2.75) is 26.7 Å². The van der Waals surface area contributed by atoms with Crippen LogP contribution in [0.3, 0.4) is 0 Å². The highest BCUT2D eigenvalue weighted by Crippen LogP contribution is 2.23. The number of carbonyl (C=O) groups excluding carboxylic acids is 2. The topological polar surface area (TPSA) is 86.8 Å². The first-order valence-electron chi connectivity index (χ1n) is 11.3. The third kappa shape index (κ3) is 6.52. The van der Waals surface area contributed by atoms with Crippen LogP contribution in [0.25, 0.3) is 6.08 Å². The van der Waals surface area contributed by atoms with Gasteiger partial charge in [-0.15, -0.1) is 0 Å². The van der Waals surface area contributed by atoms with Crippen molar-refractivity contribution in [1.29, 1.82) is 0 Å². The molecule has 3 rings (SSSR count). The van der Waals surface area contributed by atoms with E-state index in [1.165, 1.54) is 9.71 Å². The molecule has 0 aliphatic carbocycles.